The summed E-state index contributed by atoms with van der Waals surface area (Å²) in [5.74, 6) is -0.212. The fourth-order valence-electron chi connectivity index (χ4n) is 5.96. The number of carbonyl (C=O) groups is 3. The van der Waals surface area contributed by atoms with Gasteiger partial charge in [0, 0.05) is 68.9 Å². The highest BCUT2D eigenvalue weighted by Gasteiger charge is 2.36. The van der Waals surface area contributed by atoms with Gasteiger partial charge in [0.25, 0.3) is 5.91 Å². The number of carbonyl (C=O) groups excluding carboxylic acids is 3. The minimum Gasteiger partial charge on any atom is -0.342 e. The molecule has 2 fully saturated rings. The monoisotopic (exact) mass is 553 g/mol. The van der Waals surface area contributed by atoms with E-state index in [0.717, 1.165) is 48.4 Å². The zero-order chi connectivity index (χ0) is 29.0. The number of piperazine rings is 1. The average Bonchev–Trinajstić information content (AvgIpc) is 3.00. The SMILES string of the molecule is CC(=O)NC(C)(C)C(=O)N1CCC(N2CCN(C(=O)c3cc(-c4ccccc4)nc(-c4ccccc4)c3)CC2)CC1. The van der Waals surface area contributed by atoms with Crippen LogP contribution in [0, 0.1) is 0 Å². The van der Waals surface area contributed by atoms with Gasteiger partial charge in [0.05, 0.1) is 11.4 Å². The Labute approximate surface area is 242 Å². The molecule has 8 heteroatoms. The zero-order valence-electron chi connectivity index (χ0n) is 24.2. The maximum absolute atomic E-state index is 13.7. The number of nitrogens with zero attached hydrogens (tertiary/aromatic N) is 4. The van der Waals surface area contributed by atoms with E-state index in [1.165, 1.54) is 6.92 Å². The lowest BCUT2D eigenvalue weighted by atomic mass is 9.97. The lowest BCUT2D eigenvalue weighted by Gasteiger charge is -2.44. The summed E-state index contributed by atoms with van der Waals surface area (Å²) in [6, 6.07) is 24.2. The number of amides is 3. The highest BCUT2D eigenvalue weighted by molar-refractivity contribution is 5.96. The third kappa shape index (κ3) is 6.65. The zero-order valence-corrected chi connectivity index (χ0v) is 24.2. The maximum Gasteiger partial charge on any atom is 0.254 e. The largest absolute Gasteiger partial charge is 0.342 e. The van der Waals surface area contributed by atoms with E-state index < -0.39 is 5.54 Å². The number of pyridine rings is 1. The summed E-state index contributed by atoms with van der Waals surface area (Å²) in [7, 11) is 0. The maximum atomic E-state index is 13.7. The van der Waals surface area contributed by atoms with Crippen molar-refractivity contribution in [3.63, 3.8) is 0 Å². The fourth-order valence-corrected chi connectivity index (χ4v) is 5.96. The van der Waals surface area contributed by atoms with Crippen molar-refractivity contribution in [2.75, 3.05) is 39.3 Å². The van der Waals surface area contributed by atoms with Gasteiger partial charge in [-0.2, -0.15) is 0 Å². The van der Waals surface area contributed by atoms with Crippen LogP contribution in [0.4, 0.5) is 0 Å². The van der Waals surface area contributed by atoms with E-state index in [1.807, 2.05) is 82.6 Å². The van der Waals surface area contributed by atoms with Crippen LogP contribution in [0.5, 0.6) is 0 Å². The van der Waals surface area contributed by atoms with Crippen molar-refractivity contribution in [3.05, 3.63) is 78.4 Å². The van der Waals surface area contributed by atoms with Crippen molar-refractivity contribution in [2.24, 2.45) is 0 Å². The summed E-state index contributed by atoms with van der Waals surface area (Å²) in [6.45, 7) is 9.24. The van der Waals surface area contributed by atoms with Gasteiger partial charge in [0.15, 0.2) is 0 Å². The first kappa shape index (κ1) is 28.5. The van der Waals surface area contributed by atoms with E-state index in [0.29, 0.717) is 37.8 Å². The highest BCUT2D eigenvalue weighted by Crippen LogP contribution is 2.26. The summed E-state index contributed by atoms with van der Waals surface area (Å²) < 4.78 is 0. The van der Waals surface area contributed by atoms with Crippen molar-refractivity contribution in [3.8, 4) is 22.5 Å². The number of hydrogen-bond acceptors (Lipinski definition) is 5. The van der Waals surface area contributed by atoms with E-state index in [-0.39, 0.29) is 17.7 Å². The highest BCUT2D eigenvalue weighted by atomic mass is 16.2. The smallest absolute Gasteiger partial charge is 0.254 e. The first-order valence-electron chi connectivity index (χ1n) is 14.5. The molecule has 5 rings (SSSR count). The minimum atomic E-state index is -0.904. The van der Waals surface area contributed by atoms with Crippen molar-refractivity contribution in [2.45, 2.75) is 45.2 Å². The Balaban J connectivity index is 1.23. The first-order valence-corrected chi connectivity index (χ1v) is 14.5. The van der Waals surface area contributed by atoms with E-state index in [9.17, 15) is 14.4 Å². The van der Waals surface area contributed by atoms with Crippen LogP contribution in [0.25, 0.3) is 22.5 Å². The third-order valence-electron chi connectivity index (χ3n) is 8.10. The van der Waals surface area contributed by atoms with Crippen LogP contribution in [0.1, 0.15) is 44.0 Å². The second-order valence-corrected chi connectivity index (χ2v) is 11.5. The van der Waals surface area contributed by atoms with Gasteiger partial charge in [-0.25, -0.2) is 4.98 Å². The Hall–Kier alpha value is -4.04. The van der Waals surface area contributed by atoms with Crippen LogP contribution in [0.3, 0.4) is 0 Å². The summed E-state index contributed by atoms with van der Waals surface area (Å²) in [5.41, 5.74) is 3.29. The normalized spacial score (nSPS) is 16.9. The number of nitrogens with one attached hydrogen (secondary N) is 1. The van der Waals surface area contributed by atoms with Crippen molar-refractivity contribution in [1.29, 1.82) is 0 Å². The number of aromatic nitrogens is 1. The first-order chi connectivity index (χ1) is 19.7. The summed E-state index contributed by atoms with van der Waals surface area (Å²) >= 11 is 0. The summed E-state index contributed by atoms with van der Waals surface area (Å²) in [6.07, 6.45) is 1.78. The van der Waals surface area contributed by atoms with Gasteiger partial charge in [-0.15, -0.1) is 0 Å². The predicted molar refractivity (Wildman–Crippen MR) is 160 cm³/mol. The molecule has 2 aromatic carbocycles. The van der Waals surface area contributed by atoms with E-state index >= 15 is 0 Å². The van der Waals surface area contributed by atoms with E-state index in [2.05, 4.69) is 10.2 Å². The quantitative estimate of drug-likeness (QED) is 0.497. The Kier molecular flexibility index (Phi) is 8.49. The minimum absolute atomic E-state index is 0.0297. The Bertz CT molecular complexity index is 1320. The molecule has 0 saturated carbocycles. The van der Waals surface area contributed by atoms with Crippen molar-refractivity contribution in [1.82, 2.24) is 25.0 Å². The number of rotatable bonds is 6. The van der Waals surface area contributed by atoms with Gasteiger partial charge >= 0.3 is 0 Å². The molecule has 2 aliphatic heterocycles. The topological polar surface area (TPSA) is 85.9 Å². The van der Waals surface area contributed by atoms with Crippen LogP contribution in [-0.2, 0) is 9.59 Å². The van der Waals surface area contributed by atoms with Crippen LogP contribution < -0.4 is 5.32 Å². The molecule has 2 aliphatic rings. The molecule has 3 aromatic rings. The summed E-state index contributed by atoms with van der Waals surface area (Å²) in [5, 5.41) is 2.76. The molecular formula is C33H39N5O3. The van der Waals surface area contributed by atoms with E-state index in [4.69, 9.17) is 4.98 Å². The lowest BCUT2D eigenvalue weighted by molar-refractivity contribution is -0.141. The van der Waals surface area contributed by atoms with Gasteiger partial charge in [0.2, 0.25) is 11.8 Å². The summed E-state index contributed by atoms with van der Waals surface area (Å²) in [4.78, 5) is 49.4. The molecule has 8 nitrogen and oxygen atoms in total. The molecule has 3 amide bonds. The van der Waals surface area contributed by atoms with Crippen molar-refractivity contribution >= 4 is 17.7 Å². The van der Waals surface area contributed by atoms with Gasteiger partial charge in [-0.05, 0) is 38.8 Å². The van der Waals surface area contributed by atoms with E-state index in [1.54, 1.807) is 13.8 Å². The molecule has 1 aromatic heterocycles. The average molecular weight is 554 g/mol. The Morgan fingerprint density at radius 2 is 1.27 bits per heavy atom. The second kappa shape index (κ2) is 12.2. The van der Waals surface area contributed by atoms with Gasteiger partial charge in [0.1, 0.15) is 5.54 Å². The molecule has 0 unspecified atom stereocenters. The molecule has 0 bridgehead atoms. The molecule has 0 atom stereocenters. The molecule has 214 valence electrons. The lowest BCUT2D eigenvalue weighted by Crippen LogP contribution is -2.59. The van der Waals surface area contributed by atoms with Gasteiger partial charge in [-0.3, -0.25) is 19.3 Å². The van der Waals surface area contributed by atoms with Crippen LogP contribution in [0.2, 0.25) is 0 Å². The van der Waals surface area contributed by atoms with Crippen molar-refractivity contribution < 1.29 is 14.4 Å². The number of hydrogen-bond donors (Lipinski definition) is 1. The molecule has 3 heterocycles. The molecule has 41 heavy (non-hydrogen) atoms. The molecular weight excluding hydrogens is 514 g/mol. The van der Waals surface area contributed by atoms with Gasteiger partial charge < -0.3 is 15.1 Å². The number of likely N-dealkylation sites (tertiary alicyclic amines) is 1. The predicted octanol–water partition coefficient (Wildman–Crippen LogP) is 4.08. The van der Waals surface area contributed by atoms with Crippen LogP contribution >= 0.6 is 0 Å². The number of piperidine rings is 1. The fraction of sp³-hybridized carbons (Fsp3) is 0.394. The molecule has 1 N–H and O–H groups in total. The Morgan fingerprint density at radius 3 is 1.76 bits per heavy atom. The molecule has 0 aliphatic carbocycles. The second-order valence-electron chi connectivity index (χ2n) is 11.5. The molecule has 0 spiro atoms. The standard InChI is InChI=1S/C33H39N5O3/c1-24(39)35-33(2,3)32(41)38-16-14-28(15-17-38)36-18-20-37(21-19-36)31(40)27-22-29(25-10-6-4-7-11-25)34-30(23-27)26-12-8-5-9-13-26/h4-13,22-23,28H,14-21H2,1-3H3,(H,35,39). The van der Waals surface area contributed by atoms with Gasteiger partial charge in [-0.1, -0.05) is 60.7 Å². The molecule has 0 radical (unpaired) electrons. The van der Waals surface area contributed by atoms with Crippen LogP contribution in [0.15, 0.2) is 72.8 Å². The van der Waals surface area contributed by atoms with Crippen LogP contribution in [-0.4, -0.2) is 88.3 Å². The third-order valence-corrected chi connectivity index (χ3v) is 8.10. The molecule has 2 saturated heterocycles. The Morgan fingerprint density at radius 1 is 0.756 bits per heavy atom. The number of benzene rings is 2.